The van der Waals surface area contributed by atoms with Gasteiger partial charge in [0.05, 0.1) is 6.61 Å². The number of thiocarbonyl (C=S) groups is 1. The lowest BCUT2D eigenvalue weighted by atomic mass is 10.0. The number of carbonyl (C=O) groups is 1. The molecule has 0 aromatic heterocycles. The first-order chi connectivity index (χ1) is 9.67. The second-order valence-corrected chi connectivity index (χ2v) is 5.35. The average molecular weight is 347 g/mol. The third kappa shape index (κ3) is 5.98. The molecule has 5 atom stereocenters. The Kier molecular flexibility index (Phi) is 9.20. The Balaban J connectivity index is 4.93. The van der Waals surface area contributed by atoms with Gasteiger partial charge in [0.25, 0.3) is 0 Å². The summed E-state index contributed by atoms with van der Waals surface area (Å²) < 4.78 is 12.4. The van der Waals surface area contributed by atoms with Crippen LogP contribution in [0.25, 0.3) is 0 Å². The van der Waals surface area contributed by atoms with Gasteiger partial charge in [0, 0.05) is 6.54 Å². The van der Waals surface area contributed by atoms with Crippen LogP contribution in [-0.2, 0) is 4.79 Å². The van der Waals surface area contributed by atoms with Crippen molar-refractivity contribution in [1.29, 1.82) is 0 Å². The predicted molar refractivity (Wildman–Crippen MR) is 76.8 cm³/mol. The summed E-state index contributed by atoms with van der Waals surface area (Å²) in [4.78, 5) is 11.6. The largest absolute Gasteiger partial charge is 0.480 e. The molecular weight excluding hydrogens is 329 g/mol. The molecule has 0 saturated carbocycles. The minimum Gasteiger partial charge on any atom is -0.480 e. The number of hydrogen-bond acceptors (Lipinski definition) is 7. The van der Waals surface area contributed by atoms with Gasteiger partial charge in [0.1, 0.15) is 35.4 Å². The summed E-state index contributed by atoms with van der Waals surface area (Å²) >= 11 is 8.36. The highest BCUT2D eigenvalue weighted by atomic mass is 32.1. The highest BCUT2D eigenvalue weighted by molar-refractivity contribution is 8.10. The van der Waals surface area contributed by atoms with Crippen LogP contribution >= 0.6 is 24.8 Å². The van der Waals surface area contributed by atoms with Crippen LogP contribution in [0.15, 0.2) is 0 Å². The molecule has 0 heterocycles. The number of rotatable bonds is 9. The Morgan fingerprint density at radius 2 is 1.67 bits per heavy atom. The summed E-state index contributed by atoms with van der Waals surface area (Å²) in [6.45, 7) is -2.82. The summed E-state index contributed by atoms with van der Waals surface area (Å²) in [7, 11) is 0. The number of hydrogen-bond donors (Lipinski definition) is 7. The topological polar surface area (TPSA) is 142 Å². The number of thiol groups is 1. The second-order valence-electron chi connectivity index (χ2n) is 4.24. The first kappa shape index (κ1) is 20.4. The van der Waals surface area contributed by atoms with E-state index in [1.54, 1.807) is 0 Å². The molecule has 0 aromatic carbocycles. The zero-order valence-electron chi connectivity index (χ0n) is 10.8. The van der Waals surface area contributed by atoms with Crippen molar-refractivity contribution in [1.82, 2.24) is 4.90 Å². The molecule has 0 aliphatic heterocycles. The van der Waals surface area contributed by atoms with E-state index < -0.39 is 56.3 Å². The Bertz CT molecular complexity index is 362. The first-order valence-electron chi connectivity index (χ1n) is 5.78. The third-order valence-electron chi connectivity index (χ3n) is 2.76. The molecule has 0 aliphatic carbocycles. The summed E-state index contributed by atoms with van der Waals surface area (Å²) in [5.41, 5.74) is 0. The first-order valence-corrected chi connectivity index (χ1v) is 6.64. The molecule has 0 rings (SSSR count). The number of aliphatic carboxylic acids is 1. The third-order valence-corrected chi connectivity index (χ3v) is 3.25. The van der Waals surface area contributed by atoms with Crippen LogP contribution in [0.5, 0.6) is 0 Å². The monoisotopic (exact) mass is 347 g/mol. The lowest BCUT2D eigenvalue weighted by Gasteiger charge is -2.32. The lowest BCUT2D eigenvalue weighted by molar-refractivity contribution is -0.144. The fourth-order valence-corrected chi connectivity index (χ4v) is 1.92. The fourth-order valence-electron chi connectivity index (χ4n) is 1.49. The van der Waals surface area contributed by atoms with Crippen LogP contribution < -0.4 is 0 Å². The zero-order chi connectivity index (χ0) is 16.7. The number of carboxylic acid groups (broad SMARTS) is 1. The molecule has 0 spiro atoms. The van der Waals surface area contributed by atoms with Gasteiger partial charge in [-0.05, 0) is 0 Å². The van der Waals surface area contributed by atoms with Gasteiger partial charge < -0.3 is 35.5 Å². The molecule has 8 nitrogen and oxygen atoms in total. The number of nitrogens with zero attached hydrogens (tertiary/aromatic N) is 1. The number of halogens is 1. The van der Waals surface area contributed by atoms with Gasteiger partial charge in [0.2, 0.25) is 0 Å². The molecule has 124 valence electrons. The zero-order valence-corrected chi connectivity index (χ0v) is 12.5. The Hall–Kier alpha value is -0.560. The summed E-state index contributed by atoms with van der Waals surface area (Å²) in [5, 5.41) is 55.4. The molecule has 0 saturated heterocycles. The molecule has 11 heteroatoms. The van der Waals surface area contributed by atoms with Crippen LogP contribution in [0.3, 0.4) is 0 Å². The lowest BCUT2D eigenvalue weighted by Crippen LogP contribution is -2.53. The quantitative estimate of drug-likeness (QED) is 0.176. The van der Waals surface area contributed by atoms with Crippen molar-refractivity contribution >= 4 is 35.1 Å². The van der Waals surface area contributed by atoms with Crippen LogP contribution in [0, 0.1) is 0 Å². The van der Waals surface area contributed by atoms with Crippen LogP contribution in [-0.4, -0.2) is 96.1 Å². The number of alkyl halides is 1. The van der Waals surface area contributed by atoms with E-state index in [9.17, 15) is 24.5 Å². The second kappa shape index (κ2) is 9.46. The van der Waals surface area contributed by atoms with Gasteiger partial charge in [-0.15, -0.1) is 12.6 Å². The van der Waals surface area contributed by atoms with Crippen LogP contribution in [0.2, 0.25) is 0 Å². The van der Waals surface area contributed by atoms with Gasteiger partial charge in [-0.2, -0.15) is 0 Å². The molecular formula is C10H18FNO7S2. The van der Waals surface area contributed by atoms with E-state index in [2.05, 4.69) is 24.8 Å². The van der Waals surface area contributed by atoms with Crippen molar-refractivity contribution in [2.24, 2.45) is 0 Å². The van der Waals surface area contributed by atoms with Crippen molar-refractivity contribution in [3.8, 4) is 0 Å². The maximum atomic E-state index is 12.7. The number of aliphatic hydroxyl groups excluding tert-OH is 5. The van der Waals surface area contributed by atoms with E-state index in [-0.39, 0.29) is 4.32 Å². The van der Waals surface area contributed by atoms with Crippen molar-refractivity contribution in [2.75, 3.05) is 19.8 Å². The van der Waals surface area contributed by atoms with Gasteiger partial charge >= 0.3 is 5.97 Å². The van der Waals surface area contributed by atoms with E-state index in [0.717, 1.165) is 0 Å². The minimum absolute atomic E-state index is 0.330. The molecule has 0 fully saturated rings. The molecule has 0 bridgehead atoms. The molecule has 0 radical (unpaired) electrons. The summed E-state index contributed by atoms with van der Waals surface area (Å²) in [6, 6.07) is -1.71. The molecule has 0 aromatic rings. The van der Waals surface area contributed by atoms with Crippen molar-refractivity contribution < 1.29 is 39.8 Å². The van der Waals surface area contributed by atoms with E-state index in [4.69, 9.17) is 15.3 Å². The average Bonchev–Trinajstić information content (AvgIpc) is 2.43. The van der Waals surface area contributed by atoms with E-state index in [0.29, 0.717) is 4.90 Å². The highest BCUT2D eigenvalue weighted by Crippen LogP contribution is 2.12. The fraction of sp³-hybridized carbons (Fsp3) is 0.800. The Labute approximate surface area is 130 Å². The summed E-state index contributed by atoms with van der Waals surface area (Å²) in [6.07, 6.45) is -7.26. The molecule has 21 heavy (non-hydrogen) atoms. The molecule has 0 aliphatic rings. The molecule has 6 N–H and O–H groups in total. The van der Waals surface area contributed by atoms with Gasteiger partial charge in [-0.1, -0.05) is 12.2 Å². The molecule has 0 amide bonds. The Morgan fingerprint density at radius 3 is 2.00 bits per heavy atom. The van der Waals surface area contributed by atoms with E-state index >= 15 is 0 Å². The normalized spacial score (nSPS) is 18.4. The number of aliphatic hydroxyl groups is 5. The summed E-state index contributed by atoms with van der Waals surface area (Å²) in [5.74, 6) is -1.55. The maximum Gasteiger partial charge on any atom is 0.329 e. The van der Waals surface area contributed by atoms with Gasteiger partial charge in [-0.3, -0.25) is 0 Å². The smallest absolute Gasteiger partial charge is 0.329 e. The molecule has 5 unspecified atom stereocenters. The van der Waals surface area contributed by atoms with Gasteiger partial charge in [-0.25, -0.2) is 9.18 Å². The minimum atomic E-state index is -1.91. The predicted octanol–water partition coefficient (Wildman–Crippen LogP) is -2.64. The van der Waals surface area contributed by atoms with Crippen LogP contribution in [0.4, 0.5) is 4.39 Å². The van der Waals surface area contributed by atoms with Gasteiger partial charge in [0.15, 0.2) is 6.04 Å². The van der Waals surface area contributed by atoms with Crippen molar-refractivity contribution in [2.45, 2.75) is 30.5 Å². The SMILES string of the molecule is O=C(O)C(CF)N(CC(O)C(O)C(O)C(O)CO)C(=S)S. The maximum absolute atomic E-state index is 12.7. The van der Waals surface area contributed by atoms with Crippen molar-refractivity contribution in [3.05, 3.63) is 0 Å². The van der Waals surface area contributed by atoms with Crippen LogP contribution in [0.1, 0.15) is 0 Å². The van der Waals surface area contributed by atoms with E-state index in [1.165, 1.54) is 0 Å². The number of carboxylic acids is 1. The van der Waals surface area contributed by atoms with Crippen molar-refractivity contribution in [3.63, 3.8) is 0 Å². The Morgan fingerprint density at radius 1 is 1.19 bits per heavy atom. The standard InChI is InChI=1S/C10H18FNO7S2/c11-1-4(9(18)19)12(10(20)21)2-5(14)7(16)8(17)6(15)3-13/h4-8,13-17H,1-3H2,(H,18,19)(H,20,21). The highest BCUT2D eigenvalue weighted by Gasteiger charge is 2.34. The van der Waals surface area contributed by atoms with E-state index in [1.807, 2.05) is 0 Å².